The number of allylic oxidation sites excluding steroid dienone is 9. The highest BCUT2D eigenvalue weighted by atomic mass is 16.6. The number of rotatable bonds is 5. The Balaban J connectivity index is 2.73. The summed E-state index contributed by atoms with van der Waals surface area (Å²) in [6, 6.07) is 0. The zero-order valence-electron chi connectivity index (χ0n) is 17.9. The first-order valence-electron chi connectivity index (χ1n) is 9.55. The number of carbonyl (C=O) groups is 1. The van der Waals surface area contributed by atoms with Crippen LogP contribution >= 0.6 is 0 Å². The molecule has 1 aliphatic carbocycles. The van der Waals surface area contributed by atoms with Crippen molar-refractivity contribution in [3.8, 4) is 0 Å². The molecule has 0 amide bonds. The van der Waals surface area contributed by atoms with E-state index in [2.05, 4.69) is 45.9 Å². The lowest BCUT2D eigenvalue weighted by Crippen LogP contribution is -2.22. The van der Waals surface area contributed by atoms with Gasteiger partial charge < -0.3 is 4.74 Å². The van der Waals surface area contributed by atoms with Gasteiger partial charge in [0.1, 0.15) is 5.60 Å². The minimum atomic E-state index is -0.460. The van der Waals surface area contributed by atoms with E-state index in [1.807, 2.05) is 39.8 Å². The molecule has 144 valence electrons. The van der Waals surface area contributed by atoms with Crippen molar-refractivity contribution in [1.82, 2.24) is 0 Å². The van der Waals surface area contributed by atoms with Gasteiger partial charge in [-0.1, -0.05) is 55.4 Å². The summed E-state index contributed by atoms with van der Waals surface area (Å²) in [5, 5.41) is 0. The van der Waals surface area contributed by atoms with Gasteiger partial charge in [0.2, 0.25) is 0 Å². The Bertz CT molecular complexity index is 659. The number of ether oxygens (including phenoxy) is 1. The minimum absolute atomic E-state index is 0.266. The average Bonchev–Trinajstić information content (AvgIpc) is 2.43. The SMILES string of the molecule is CC(C=CC1=C(C)CCCC1(C)C)=CC=CC(C)=CC(=O)OC(C)(C)C. The predicted octanol–water partition coefficient (Wildman–Crippen LogP) is 6.86. The van der Waals surface area contributed by atoms with Gasteiger partial charge in [-0.25, -0.2) is 4.79 Å². The number of esters is 1. The number of carbonyl (C=O) groups excluding carboxylic acids is 1. The highest BCUT2D eigenvalue weighted by Crippen LogP contribution is 2.40. The van der Waals surface area contributed by atoms with Gasteiger partial charge in [0.25, 0.3) is 0 Å². The minimum Gasteiger partial charge on any atom is -0.457 e. The van der Waals surface area contributed by atoms with Crippen LogP contribution in [0.15, 0.2) is 58.7 Å². The topological polar surface area (TPSA) is 26.3 Å². The molecule has 26 heavy (non-hydrogen) atoms. The van der Waals surface area contributed by atoms with Crippen LogP contribution in [0.1, 0.15) is 74.7 Å². The second-order valence-corrected chi connectivity index (χ2v) is 8.96. The van der Waals surface area contributed by atoms with Gasteiger partial charge in [-0.15, -0.1) is 0 Å². The normalized spacial score (nSPS) is 19.5. The lowest BCUT2D eigenvalue weighted by Gasteiger charge is -2.32. The number of hydrogen-bond acceptors (Lipinski definition) is 2. The highest BCUT2D eigenvalue weighted by Gasteiger charge is 2.26. The Morgan fingerprint density at radius 3 is 2.35 bits per heavy atom. The Labute approximate surface area is 160 Å². The van der Waals surface area contributed by atoms with Crippen molar-refractivity contribution in [3.63, 3.8) is 0 Å². The molecule has 0 aromatic carbocycles. The quantitative estimate of drug-likeness (QED) is 0.305. The summed E-state index contributed by atoms with van der Waals surface area (Å²) >= 11 is 0. The van der Waals surface area contributed by atoms with Gasteiger partial charge in [-0.2, -0.15) is 0 Å². The van der Waals surface area contributed by atoms with E-state index in [4.69, 9.17) is 4.74 Å². The van der Waals surface area contributed by atoms with Crippen LogP contribution in [0.25, 0.3) is 0 Å². The van der Waals surface area contributed by atoms with Crippen molar-refractivity contribution in [3.05, 3.63) is 58.7 Å². The standard InChI is InChI=1S/C24H36O2/c1-18(14-15-21-20(3)13-10-16-24(21,7)8)11-9-12-19(2)17-22(25)26-23(4,5)6/h9,11-12,14-15,17H,10,13,16H2,1-8H3. The first-order chi connectivity index (χ1) is 11.9. The molecule has 0 radical (unpaired) electrons. The van der Waals surface area contributed by atoms with Crippen molar-refractivity contribution >= 4 is 5.97 Å². The zero-order valence-corrected chi connectivity index (χ0v) is 17.9. The molecule has 0 heterocycles. The van der Waals surface area contributed by atoms with Crippen LogP contribution in [-0.4, -0.2) is 11.6 Å². The lowest BCUT2D eigenvalue weighted by atomic mass is 9.72. The molecule has 0 aliphatic heterocycles. The third kappa shape index (κ3) is 8.03. The maximum absolute atomic E-state index is 11.8. The monoisotopic (exact) mass is 356 g/mol. The molecular formula is C24H36O2. The van der Waals surface area contributed by atoms with Crippen LogP contribution in [0.3, 0.4) is 0 Å². The lowest BCUT2D eigenvalue weighted by molar-refractivity contribution is -0.148. The van der Waals surface area contributed by atoms with Crippen LogP contribution in [0.2, 0.25) is 0 Å². The zero-order chi connectivity index (χ0) is 20.0. The second-order valence-electron chi connectivity index (χ2n) is 8.96. The summed E-state index contributed by atoms with van der Waals surface area (Å²) in [4.78, 5) is 11.8. The Morgan fingerprint density at radius 2 is 1.77 bits per heavy atom. The van der Waals surface area contributed by atoms with E-state index >= 15 is 0 Å². The van der Waals surface area contributed by atoms with Crippen molar-refractivity contribution in [2.24, 2.45) is 5.41 Å². The largest absolute Gasteiger partial charge is 0.457 e. The summed E-state index contributed by atoms with van der Waals surface area (Å²) in [5.41, 5.74) is 4.85. The molecule has 1 rings (SSSR count). The van der Waals surface area contributed by atoms with Gasteiger partial charge in [0.05, 0.1) is 0 Å². The number of hydrogen-bond donors (Lipinski definition) is 0. The van der Waals surface area contributed by atoms with Crippen molar-refractivity contribution < 1.29 is 9.53 Å². The molecule has 0 unspecified atom stereocenters. The van der Waals surface area contributed by atoms with Crippen molar-refractivity contribution in [2.45, 2.75) is 80.3 Å². The van der Waals surface area contributed by atoms with Crippen LogP contribution in [0, 0.1) is 5.41 Å². The van der Waals surface area contributed by atoms with Crippen molar-refractivity contribution in [2.75, 3.05) is 0 Å². The second kappa shape index (κ2) is 9.21. The fourth-order valence-electron chi connectivity index (χ4n) is 3.20. The maximum atomic E-state index is 11.8. The first kappa shape index (κ1) is 22.2. The fraction of sp³-hybridized carbons (Fsp3) is 0.542. The summed E-state index contributed by atoms with van der Waals surface area (Å²) in [6.07, 6.45) is 15.7. The molecule has 0 aromatic rings. The van der Waals surface area contributed by atoms with E-state index in [9.17, 15) is 4.79 Å². The van der Waals surface area contributed by atoms with Gasteiger partial charge >= 0.3 is 5.97 Å². The summed E-state index contributed by atoms with van der Waals surface area (Å²) in [6.45, 7) is 16.5. The van der Waals surface area contributed by atoms with Gasteiger partial charge in [0.15, 0.2) is 0 Å². The van der Waals surface area contributed by atoms with Crippen LogP contribution in [0.4, 0.5) is 0 Å². The Kier molecular flexibility index (Phi) is 7.87. The molecule has 0 aromatic heterocycles. The molecule has 1 aliphatic rings. The molecule has 0 fully saturated rings. The summed E-state index contributed by atoms with van der Waals surface area (Å²) in [7, 11) is 0. The van der Waals surface area contributed by atoms with Crippen molar-refractivity contribution in [1.29, 1.82) is 0 Å². The smallest absolute Gasteiger partial charge is 0.331 e. The Hall–Kier alpha value is -1.83. The van der Waals surface area contributed by atoms with E-state index in [1.165, 1.54) is 42.1 Å². The van der Waals surface area contributed by atoms with Crippen LogP contribution in [0.5, 0.6) is 0 Å². The van der Waals surface area contributed by atoms with Gasteiger partial charge in [0, 0.05) is 6.08 Å². The molecule has 0 saturated heterocycles. The van der Waals surface area contributed by atoms with E-state index in [0.29, 0.717) is 0 Å². The molecule has 2 nitrogen and oxygen atoms in total. The van der Waals surface area contributed by atoms with Crippen LogP contribution in [-0.2, 0) is 9.53 Å². The average molecular weight is 357 g/mol. The first-order valence-corrected chi connectivity index (χ1v) is 9.55. The predicted molar refractivity (Wildman–Crippen MR) is 112 cm³/mol. The van der Waals surface area contributed by atoms with E-state index in [0.717, 1.165) is 5.57 Å². The molecule has 0 atom stereocenters. The Morgan fingerprint density at radius 1 is 1.12 bits per heavy atom. The van der Waals surface area contributed by atoms with Gasteiger partial charge in [-0.05, 0) is 77.4 Å². The molecular weight excluding hydrogens is 320 g/mol. The van der Waals surface area contributed by atoms with Gasteiger partial charge in [-0.3, -0.25) is 0 Å². The molecule has 0 spiro atoms. The third-order valence-electron chi connectivity index (χ3n) is 4.53. The fourth-order valence-corrected chi connectivity index (χ4v) is 3.20. The van der Waals surface area contributed by atoms with Crippen LogP contribution < -0.4 is 0 Å². The molecule has 0 N–H and O–H groups in total. The molecule has 0 saturated carbocycles. The third-order valence-corrected chi connectivity index (χ3v) is 4.53. The summed E-state index contributed by atoms with van der Waals surface area (Å²) in [5.74, 6) is -0.304. The molecule has 0 bridgehead atoms. The van der Waals surface area contributed by atoms with E-state index in [1.54, 1.807) is 0 Å². The van der Waals surface area contributed by atoms with E-state index < -0.39 is 5.60 Å². The molecule has 2 heteroatoms. The summed E-state index contributed by atoms with van der Waals surface area (Å²) < 4.78 is 5.29. The highest BCUT2D eigenvalue weighted by molar-refractivity contribution is 5.83. The van der Waals surface area contributed by atoms with E-state index in [-0.39, 0.29) is 11.4 Å². The maximum Gasteiger partial charge on any atom is 0.331 e.